The van der Waals surface area contributed by atoms with E-state index in [-0.39, 0.29) is 0 Å². The Morgan fingerprint density at radius 3 is 2.31 bits per heavy atom. The second kappa shape index (κ2) is 1.09. The molecule has 0 saturated heterocycles. The summed E-state index contributed by atoms with van der Waals surface area (Å²) in [5.74, 6) is 10.5. The van der Waals surface area contributed by atoms with Gasteiger partial charge >= 0.3 is 0 Å². The first-order chi connectivity index (χ1) is 7.88. The van der Waals surface area contributed by atoms with Gasteiger partial charge < -0.3 is 0 Å². The molecule has 0 heterocycles. The zero-order valence-electron chi connectivity index (χ0n) is 9.45. The van der Waals surface area contributed by atoms with Crippen LogP contribution in [0.5, 0.6) is 0 Å². The molecule has 0 nitrogen and oxygen atoms in total. The largest absolute Gasteiger partial charge is 0.0461 e. The third-order valence-electron chi connectivity index (χ3n) is 11.2. The van der Waals surface area contributed by atoms with E-state index in [1.165, 1.54) is 47.3 Å². The molecule has 4 spiro atoms. The van der Waals surface area contributed by atoms with Gasteiger partial charge in [0.05, 0.1) is 0 Å². The van der Waals surface area contributed by atoms with E-state index in [1.54, 1.807) is 25.7 Å². The summed E-state index contributed by atoms with van der Waals surface area (Å²) in [6.07, 6.45) is 6.85. The maximum atomic E-state index is 1.73. The lowest BCUT2D eigenvalue weighted by atomic mass is 8.87. The predicted molar refractivity (Wildman–Crippen MR) is 56.1 cm³/mol. The van der Waals surface area contributed by atoms with Crippen molar-refractivity contribution in [2.24, 2.45) is 69.0 Å². The van der Waals surface area contributed by atoms with Crippen LogP contribution in [0.1, 0.15) is 25.7 Å². The fourth-order valence-corrected chi connectivity index (χ4v) is 12.2. The Balaban J connectivity index is 1.46. The van der Waals surface area contributed by atoms with Gasteiger partial charge in [-0.2, -0.15) is 0 Å². The van der Waals surface area contributed by atoms with Crippen LogP contribution >= 0.6 is 0 Å². The Labute approximate surface area is 95.2 Å². The highest BCUT2D eigenvalue weighted by Crippen LogP contribution is 3.23. The summed E-state index contributed by atoms with van der Waals surface area (Å²) in [6.45, 7) is 0. The molecule has 0 aromatic carbocycles. The lowest BCUT2D eigenvalue weighted by Gasteiger charge is -3.17. The molecule has 0 aliphatic heterocycles. The van der Waals surface area contributed by atoms with E-state index in [0.717, 1.165) is 21.7 Å². The van der Waals surface area contributed by atoms with Crippen LogP contribution in [0.15, 0.2) is 0 Å². The van der Waals surface area contributed by atoms with Gasteiger partial charge in [-0.05, 0) is 94.7 Å². The molecular formula is C16H16. The first-order valence-electron chi connectivity index (χ1n) is 7.88. The fourth-order valence-electron chi connectivity index (χ4n) is 12.2. The van der Waals surface area contributed by atoms with Crippen molar-refractivity contribution in [3.8, 4) is 0 Å². The Hall–Kier alpha value is 0. The van der Waals surface area contributed by atoms with Crippen LogP contribution in [0.2, 0.25) is 0 Å². The second-order valence-electron chi connectivity index (χ2n) is 9.41. The minimum atomic E-state index is 1.05. The van der Waals surface area contributed by atoms with Crippen LogP contribution < -0.4 is 0 Å². The van der Waals surface area contributed by atoms with E-state index in [4.69, 9.17) is 0 Å². The number of rotatable bonds is 0. The Morgan fingerprint density at radius 1 is 0.688 bits per heavy atom. The summed E-state index contributed by atoms with van der Waals surface area (Å²) in [4.78, 5) is 0. The van der Waals surface area contributed by atoms with Gasteiger partial charge in [-0.3, -0.25) is 0 Å². The fraction of sp³-hybridized carbons (Fsp3) is 1.00. The first kappa shape index (κ1) is 6.25. The summed E-state index contributed by atoms with van der Waals surface area (Å²) in [5.41, 5.74) is 4.31. The molecule has 0 N–H and O–H groups in total. The summed E-state index contributed by atoms with van der Waals surface area (Å²) < 4.78 is 0. The van der Waals surface area contributed by atoms with Crippen LogP contribution in [0, 0.1) is 69.0 Å². The van der Waals surface area contributed by atoms with Crippen LogP contribution in [0.25, 0.3) is 0 Å². The maximum Gasteiger partial charge on any atom is -0.00972 e. The van der Waals surface area contributed by atoms with Crippen molar-refractivity contribution in [3.05, 3.63) is 0 Å². The van der Waals surface area contributed by atoms with Crippen LogP contribution in [0.3, 0.4) is 0 Å². The molecule has 16 heavy (non-hydrogen) atoms. The molecule has 0 amide bonds. The molecule has 9 saturated carbocycles. The Morgan fingerprint density at radius 2 is 1.44 bits per heavy atom. The number of hydrogen-bond donors (Lipinski definition) is 0. The zero-order chi connectivity index (χ0) is 9.45. The maximum absolute atomic E-state index is 1.73. The third kappa shape index (κ3) is 0.192. The van der Waals surface area contributed by atoms with Gasteiger partial charge in [0.1, 0.15) is 0 Å². The lowest BCUT2D eigenvalue weighted by molar-refractivity contribution is -0.708. The van der Waals surface area contributed by atoms with Gasteiger partial charge in [-0.1, -0.05) is 0 Å². The molecule has 0 radical (unpaired) electrons. The van der Waals surface area contributed by atoms with Crippen molar-refractivity contribution in [2.75, 3.05) is 0 Å². The quantitative estimate of drug-likeness (QED) is 0.574. The minimum absolute atomic E-state index is 1.05. The molecule has 12 atom stereocenters. The number of fused-ring (bicyclic) bond motifs is 5. The van der Waals surface area contributed by atoms with Gasteiger partial charge in [0.25, 0.3) is 0 Å². The first-order valence-corrected chi connectivity index (χ1v) is 7.88. The van der Waals surface area contributed by atoms with Crippen molar-refractivity contribution >= 4 is 0 Å². The van der Waals surface area contributed by atoms with Crippen molar-refractivity contribution in [1.82, 2.24) is 0 Å². The standard InChI is InChI=1S/C16H16/c1-5-2-7-11-12-8-3-13(8)4-9-10-6(1)14(5,7)16(10,11)15(9,12)13/h5-12H,1-4H2. The smallest absolute Gasteiger partial charge is 0.00972 e. The molecule has 80 valence electrons. The molecule has 0 aromatic heterocycles. The lowest BCUT2D eigenvalue weighted by Crippen LogP contribution is -3.14. The molecule has 0 bridgehead atoms. The van der Waals surface area contributed by atoms with Crippen molar-refractivity contribution in [2.45, 2.75) is 25.7 Å². The van der Waals surface area contributed by atoms with Gasteiger partial charge in [-0.15, -0.1) is 0 Å². The Kier molecular flexibility index (Phi) is 0.425. The molecule has 0 aromatic rings. The molecule has 12 unspecified atom stereocenters. The highest BCUT2D eigenvalue weighted by atomic mass is 15.2. The monoisotopic (exact) mass is 208 g/mol. The average Bonchev–Trinajstić information content (AvgIpc) is 2.84. The molecule has 9 aliphatic carbocycles. The third-order valence-corrected chi connectivity index (χ3v) is 11.2. The van der Waals surface area contributed by atoms with E-state index in [1.807, 2.05) is 0 Å². The summed E-state index contributed by atoms with van der Waals surface area (Å²) in [5, 5.41) is 0. The molecule has 9 rings (SSSR count). The minimum Gasteiger partial charge on any atom is -0.0461 e. The summed E-state index contributed by atoms with van der Waals surface area (Å²) >= 11 is 0. The van der Waals surface area contributed by atoms with Crippen molar-refractivity contribution in [3.63, 3.8) is 0 Å². The van der Waals surface area contributed by atoms with Gasteiger partial charge in [0.15, 0.2) is 0 Å². The van der Waals surface area contributed by atoms with E-state index >= 15 is 0 Å². The SMILES string of the molecule is C1C2CC3C4C5C6CC67CC6C8C1C23C84C657. The van der Waals surface area contributed by atoms with Gasteiger partial charge in [-0.25, -0.2) is 0 Å². The van der Waals surface area contributed by atoms with Crippen molar-refractivity contribution < 1.29 is 0 Å². The normalized spacial score (nSPS) is 108. The predicted octanol–water partition coefficient (Wildman–Crippen LogP) is 2.54. The highest BCUT2D eigenvalue weighted by Gasteiger charge is 3.19. The van der Waals surface area contributed by atoms with Gasteiger partial charge in [0.2, 0.25) is 0 Å². The van der Waals surface area contributed by atoms with Gasteiger partial charge in [0, 0.05) is 0 Å². The molecular weight excluding hydrogens is 192 g/mol. The summed E-state index contributed by atoms with van der Waals surface area (Å²) in [6, 6.07) is 0. The van der Waals surface area contributed by atoms with Crippen molar-refractivity contribution in [1.29, 1.82) is 0 Å². The van der Waals surface area contributed by atoms with E-state index in [0.29, 0.717) is 0 Å². The van der Waals surface area contributed by atoms with Crippen LogP contribution in [-0.4, -0.2) is 0 Å². The molecule has 0 heteroatoms. The second-order valence-corrected chi connectivity index (χ2v) is 9.41. The van der Waals surface area contributed by atoms with Crippen LogP contribution in [-0.2, 0) is 0 Å². The average molecular weight is 208 g/mol. The summed E-state index contributed by atoms with van der Waals surface area (Å²) in [7, 11) is 0. The zero-order valence-corrected chi connectivity index (χ0v) is 9.45. The van der Waals surface area contributed by atoms with E-state index < -0.39 is 0 Å². The van der Waals surface area contributed by atoms with E-state index in [9.17, 15) is 0 Å². The molecule has 9 aliphatic rings. The number of hydrogen-bond acceptors (Lipinski definition) is 0. The molecule has 9 fully saturated rings. The Bertz CT molecular complexity index is 593. The van der Waals surface area contributed by atoms with Crippen LogP contribution in [0.4, 0.5) is 0 Å². The van der Waals surface area contributed by atoms with E-state index in [2.05, 4.69) is 0 Å². The topological polar surface area (TPSA) is 0 Å². The highest BCUT2D eigenvalue weighted by molar-refractivity contribution is 5.65.